The molecule has 2 heterocycles. The Morgan fingerprint density at radius 2 is 2.57 bits per heavy atom. The van der Waals surface area contributed by atoms with E-state index in [0.29, 0.717) is 5.92 Å². The number of thiazole rings is 1. The third-order valence-electron chi connectivity index (χ3n) is 2.85. The molecule has 1 aliphatic rings. The molecule has 2 unspecified atom stereocenters. The minimum Gasteiger partial charge on any atom is -0.392 e. The number of aliphatic hydroxyl groups excluding tert-OH is 1. The molecule has 0 spiro atoms. The van der Waals surface area contributed by atoms with E-state index in [4.69, 9.17) is 0 Å². The van der Waals surface area contributed by atoms with Crippen LogP contribution in [0.2, 0.25) is 0 Å². The van der Waals surface area contributed by atoms with Crippen molar-refractivity contribution in [3.05, 3.63) is 16.6 Å². The molecule has 1 aliphatic heterocycles. The molecule has 0 amide bonds. The van der Waals surface area contributed by atoms with Crippen LogP contribution in [0.15, 0.2) is 11.6 Å². The number of rotatable bonds is 2. The molecular weight excluding hydrogens is 196 g/mol. The van der Waals surface area contributed by atoms with E-state index >= 15 is 0 Å². The van der Waals surface area contributed by atoms with Crippen LogP contribution in [-0.4, -0.2) is 34.2 Å². The van der Waals surface area contributed by atoms with Crippen LogP contribution in [0.4, 0.5) is 0 Å². The van der Waals surface area contributed by atoms with Crippen LogP contribution in [0, 0.1) is 5.92 Å². The van der Waals surface area contributed by atoms with Gasteiger partial charge in [0, 0.05) is 18.1 Å². The first-order chi connectivity index (χ1) is 6.75. The number of likely N-dealkylation sites (tertiary alicyclic amines) is 1. The molecule has 3 nitrogen and oxygen atoms in total. The summed E-state index contributed by atoms with van der Waals surface area (Å²) in [5.41, 5.74) is 0. The minimum atomic E-state index is -0.163. The molecule has 78 valence electrons. The smallest absolute Gasteiger partial charge is 0.107 e. The van der Waals surface area contributed by atoms with E-state index in [0.717, 1.165) is 31.1 Å². The van der Waals surface area contributed by atoms with Gasteiger partial charge in [-0.3, -0.25) is 4.90 Å². The molecule has 1 fully saturated rings. The highest BCUT2D eigenvalue weighted by molar-refractivity contribution is 7.09. The first kappa shape index (κ1) is 10.1. The summed E-state index contributed by atoms with van der Waals surface area (Å²) in [5.74, 6) is 0.447. The molecule has 1 aromatic heterocycles. The standard InChI is InChI=1S/C10H16N2OS/c1-8-2-4-12(6-9(8)13)7-10-11-3-5-14-10/h3,5,8-9,13H,2,4,6-7H2,1H3. The molecule has 0 radical (unpaired) electrons. The Morgan fingerprint density at radius 3 is 3.21 bits per heavy atom. The van der Waals surface area contributed by atoms with Crippen molar-refractivity contribution >= 4 is 11.3 Å². The Morgan fingerprint density at radius 1 is 1.71 bits per heavy atom. The summed E-state index contributed by atoms with van der Waals surface area (Å²) in [6, 6.07) is 0. The average Bonchev–Trinajstić information content (AvgIpc) is 2.64. The van der Waals surface area contributed by atoms with Crippen molar-refractivity contribution in [1.82, 2.24) is 9.88 Å². The third-order valence-corrected chi connectivity index (χ3v) is 3.61. The number of aromatic nitrogens is 1. The van der Waals surface area contributed by atoms with E-state index in [1.54, 1.807) is 11.3 Å². The largest absolute Gasteiger partial charge is 0.392 e. The van der Waals surface area contributed by atoms with Crippen LogP contribution in [0.1, 0.15) is 18.4 Å². The fourth-order valence-electron chi connectivity index (χ4n) is 1.78. The van der Waals surface area contributed by atoms with Crippen LogP contribution in [0.3, 0.4) is 0 Å². The Kier molecular flexibility index (Phi) is 3.15. The lowest BCUT2D eigenvalue weighted by Crippen LogP contribution is -2.42. The number of piperidine rings is 1. The van der Waals surface area contributed by atoms with E-state index in [1.165, 1.54) is 0 Å². The van der Waals surface area contributed by atoms with Crippen LogP contribution >= 0.6 is 11.3 Å². The summed E-state index contributed by atoms with van der Waals surface area (Å²) < 4.78 is 0. The lowest BCUT2D eigenvalue weighted by Gasteiger charge is -2.33. The number of hydrogen-bond donors (Lipinski definition) is 1. The number of nitrogens with zero attached hydrogens (tertiary/aromatic N) is 2. The zero-order valence-electron chi connectivity index (χ0n) is 8.39. The molecule has 2 atom stereocenters. The van der Waals surface area contributed by atoms with Crippen LogP contribution < -0.4 is 0 Å². The summed E-state index contributed by atoms with van der Waals surface area (Å²) in [5, 5.41) is 12.9. The zero-order chi connectivity index (χ0) is 9.97. The molecule has 14 heavy (non-hydrogen) atoms. The highest BCUT2D eigenvalue weighted by Crippen LogP contribution is 2.19. The van der Waals surface area contributed by atoms with Crippen LogP contribution in [0.5, 0.6) is 0 Å². The van der Waals surface area contributed by atoms with Gasteiger partial charge in [0.15, 0.2) is 0 Å². The Bertz CT molecular complexity index is 276. The third kappa shape index (κ3) is 2.32. The summed E-state index contributed by atoms with van der Waals surface area (Å²) >= 11 is 1.68. The summed E-state index contributed by atoms with van der Waals surface area (Å²) in [4.78, 5) is 6.53. The maximum absolute atomic E-state index is 9.72. The Labute approximate surface area is 88.4 Å². The second kappa shape index (κ2) is 4.38. The van der Waals surface area contributed by atoms with Gasteiger partial charge in [0.25, 0.3) is 0 Å². The molecule has 2 rings (SSSR count). The summed E-state index contributed by atoms with van der Waals surface area (Å²) in [7, 11) is 0. The van der Waals surface area contributed by atoms with Gasteiger partial charge in [-0.05, 0) is 18.9 Å². The van der Waals surface area contributed by atoms with E-state index in [2.05, 4.69) is 16.8 Å². The number of β-amino-alcohol motifs (C(OH)–C–C–N with tert-alkyl or cyclic N) is 1. The molecule has 4 heteroatoms. The highest BCUT2D eigenvalue weighted by atomic mass is 32.1. The van der Waals surface area contributed by atoms with Gasteiger partial charge in [0.2, 0.25) is 0 Å². The predicted octanol–water partition coefficient (Wildman–Crippen LogP) is 1.35. The topological polar surface area (TPSA) is 36.4 Å². The second-order valence-corrected chi connectivity index (χ2v) is 4.97. The van der Waals surface area contributed by atoms with Gasteiger partial charge in [0.1, 0.15) is 5.01 Å². The van der Waals surface area contributed by atoms with E-state index in [-0.39, 0.29) is 6.10 Å². The van der Waals surface area contributed by atoms with Crippen molar-refractivity contribution in [2.75, 3.05) is 13.1 Å². The molecule has 0 aromatic carbocycles. The van der Waals surface area contributed by atoms with Crippen molar-refractivity contribution in [2.45, 2.75) is 26.0 Å². The molecule has 0 saturated carbocycles. The quantitative estimate of drug-likeness (QED) is 0.804. The number of aliphatic hydroxyl groups is 1. The minimum absolute atomic E-state index is 0.163. The average molecular weight is 212 g/mol. The molecule has 1 saturated heterocycles. The summed E-state index contributed by atoms with van der Waals surface area (Å²) in [6.45, 7) is 4.88. The molecule has 1 N–H and O–H groups in total. The first-order valence-electron chi connectivity index (χ1n) is 5.04. The van der Waals surface area contributed by atoms with Crippen molar-refractivity contribution in [3.8, 4) is 0 Å². The second-order valence-electron chi connectivity index (χ2n) is 3.99. The highest BCUT2D eigenvalue weighted by Gasteiger charge is 2.24. The molecule has 1 aromatic rings. The van der Waals surface area contributed by atoms with Gasteiger partial charge in [-0.2, -0.15) is 0 Å². The fourth-order valence-corrected chi connectivity index (χ4v) is 2.44. The first-order valence-corrected chi connectivity index (χ1v) is 5.92. The van der Waals surface area contributed by atoms with Gasteiger partial charge < -0.3 is 5.11 Å². The Hall–Kier alpha value is -0.450. The monoisotopic (exact) mass is 212 g/mol. The SMILES string of the molecule is CC1CCN(Cc2nccs2)CC1O. The van der Waals surface area contributed by atoms with E-state index in [9.17, 15) is 5.11 Å². The molecular formula is C10H16N2OS. The lowest BCUT2D eigenvalue weighted by atomic mass is 9.96. The van der Waals surface area contributed by atoms with Gasteiger partial charge in [0.05, 0.1) is 12.6 Å². The van der Waals surface area contributed by atoms with Gasteiger partial charge in [-0.25, -0.2) is 4.98 Å². The maximum atomic E-state index is 9.72. The fraction of sp³-hybridized carbons (Fsp3) is 0.700. The number of hydrogen-bond acceptors (Lipinski definition) is 4. The Balaban J connectivity index is 1.88. The van der Waals surface area contributed by atoms with Crippen molar-refractivity contribution in [3.63, 3.8) is 0 Å². The molecule has 0 aliphatic carbocycles. The van der Waals surface area contributed by atoms with Gasteiger partial charge in [-0.1, -0.05) is 6.92 Å². The normalized spacial score (nSPS) is 29.3. The van der Waals surface area contributed by atoms with Crippen LogP contribution in [-0.2, 0) is 6.54 Å². The van der Waals surface area contributed by atoms with Gasteiger partial charge in [-0.15, -0.1) is 11.3 Å². The lowest BCUT2D eigenvalue weighted by molar-refractivity contribution is 0.0259. The van der Waals surface area contributed by atoms with Crippen molar-refractivity contribution in [2.24, 2.45) is 5.92 Å². The van der Waals surface area contributed by atoms with Gasteiger partial charge >= 0.3 is 0 Å². The van der Waals surface area contributed by atoms with Crippen molar-refractivity contribution in [1.29, 1.82) is 0 Å². The van der Waals surface area contributed by atoms with E-state index < -0.39 is 0 Å². The maximum Gasteiger partial charge on any atom is 0.107 e. The van der Waals surface area contributed by atoms with Crippen LogP contribution in [0.25, 0.3) is 0 Å². The van der Waals surface area contributed by atoms with Crippen molar-refractivity contribution < 1.29 is 5.11 Å². The zero-order valence-corrected chi connectivity index (χ0v) is 9.20. The van der Waals surface area contributed by atoms with E-state index in [1.807, 2.05) is 11.6 Å². The molecule has 0 bridgehead atoms. The predicted molar refractivity (Wildman–Crippen MR) is 57.2 cm³/mol. The summed E-state index contributed by atoms with van der Waals surface area (Å²) in [6.07, 6.45) is 2.76.